The average molecular weight is 264 g/mol. The van der Waals surface area contributed by atoms with Crippen LogP contribution in [0.1, 0.15) is 30.9 Å². The molecule has 0 atom stereocenters. The lowest BCUT2D eigenvalue weighted by atomic mass is 9.96. The molecule has 0 radical (unpaired) electrons. The van der Waals surface area contributed by atoms with Gasteiger partial charge in [-0.3, -0.25) is 4.90 Å². The molecule has 0 unspecified atom stereocenters. The zero-order chi connectivity index (χ0) is 13.7. The van der Waals surface area contributed by atoms with E-state index in [1.807, 2.05) is 19.1 Å². The predicted molar refractivity (Wildman–Crippen MR) is 77.7 cm³/mol. The van der Waals surface area contributed by atoms with Gasteiger partial charge in [-0.2, -0.15) is 0 Å². The number of benzene rings is 1. The molecule has 0 amide bonds. The molecular weight excluding hydrogens is 239 g/mol. The van der Waals surface area contributed by atoms with Crippen LogP contribution in [0.15, 0.2) is 18.2 Å². The van der Waals surface area contributed by atoms with E-state index in [1.165, 1.54) is 18.4 Å². The number of hydrogen-bond donors (Lipinski definition) is 1. The fourth-order valence-electron chi connectivity index (χ4n) is 2.76. The largest absolute Gasteiger partial charge is 0.317 e. The predicted octanol–water partition coefficient (Wildman–Crippen LogP) is 2.96. The first kappa shape index (κ1) is 14.5. The van der Waals surface area contributed by atoms with Crippen LogP contribution in [0.25, 0.3) is 0 Å². The molecule has 0 aliphatic carbocycles. The summed E-state index contributed by atoms with van der Waals surface area (Å²) in [6, 6.07) is 5.47. The maximum atomic E-state index is 13.2. The van der Waals surface area contributed by atoms with Gasteiger partial charge in [-0.05, 0) is 69.1 Å². The second-order valence-corrected chi connectivity index (χ2v) is 5.61. The second kappa shape index (κ2) is 7.01. The van der Waals surface area contributed by atoms with Crippen molar-refractivity contribution >= 4 is 0 Å². The van der Waals surface area contributed by atoms with Gasteiger partial charge in [0, 0.05) is 6.54 Å². The highest BCUT2D eigenvalue weighted by atomic mass is 19.1. The number of piperidine rings is 1. The van der Waals surface area contributed by atoms with Crippen molar-refractivity contribution in [1.29, 1.82) is 0 Å². The second-order valence-electron chi connectivity index (χ2n) is 5.61. The van der Waals surface area contributed by atoms with Crippen molar-refractivity contribution in [2.75, 3.05) is 26.2 Å². The zero-order valence-electron chi connectivity index (χ0n) is 12.1. The summed E-state index contributed by atoms with van der Waals surface area (Å²) in [4.78, 5) is 2.48. The molecule has 1 aliphatic heterocycles. The minimum absolute atomic E-state index is 0.104. The van der Waals surface area contributed by atoms with Crippen molar-refractivity contribution in [3.63, 3.8) is 0 Å². The van der Waals surface area contributed by atoms with E-state index in [2.05, 4.69) is 17.1 Å². The Morgan fingerprint density at radius 3 is 2.68 bits per heavy atom. The standard InChI is InChI=1S/C16H25FN2/c1-3-18-11-14-6-8-19(9-7-14)12-15-4-5-16(17)13(2)10-15/h4-5,10,14,18H,3,6-9,11-12H2,1-2H3. The molecule has 1 aliphatic rings. The number of rotatable bonds is 5. The highest BCUT2D eigenvalue weighted by Gasteiger charge is 2.18. The third-order valence-corrected chi connectivity index (χ3v) is 4.02. The third kappa shape index (κ3) is 4.29. The van der Waals surface area contributed by atoms with Crippen LogP contribution < -0.4 is 5.32 Å². The topological polar surface area (TPSA) is 15.3 Å². The van der Waals surface area contributed by atoms with Crippen LogP contribution in [-0.2, 0) is 6.54 Å². The highest BCUT2D eigenvalue weighted by molar-refractivity contribution is 5.23. The molecule has 0 saturated carbocycles. The van der Waals surface area contributed by atoms with E-state index in [0.717, 1.165) is 44.2 Å². The van der Waals surface area contributed by atoms with E-state index in [0.29, 0.717) is 0 Å². The first-order chi connectivity index (χ1) is 9.19. The molecule has 19 heavy (non-hydrogen) atoms. The summed E-state index contributed by atoms with van der Waals surface area (Å²) in [7, 11) is 0. The van der Waals surface area contributed by atoms with Crippen LogP contribution in [-0.4, -0.2) is 31.1 Å². The summed E-state index contributed by atoms with van der Waals surface area (Å²) in [6.07, 6.45) is 2.54. The van der Waals surface area contributed by atoms with E-state index in [9.17, 15) is 4.39 Å². The molecule has 1 aromatic rings. The van der Waals surface area contributed by atoms with Crippen molar-refractivity contribution in [2.24, 2.45) is 5.92 Å². The van der Waals surface area contributed by atoms with E-state index in [1.54, 1.807) is 6.07 Å². The van der Waals surface area contributed by atoms with Gasteiger partial charge in [0.15, 0.2) is 0 Å². The normalized spacial score (nSPS) is 17.8. The molecule has 1 aromatic carbocycles. The molecule has 0 bridgehead atoms. The molecule has 2 nitrogen and oxygen atoms in total. The molecule has 106 valence electrons. The maximum Gasteiger partial charge on any atom is 0.126 e. The molecule has 1 fully saturated rings. The van der Waals surface area contributed by atoms with Gasteiger partial charge in [0.2, 0.25) is 0 Å². The van der Waals surface area contributed by atoms with Gasteiger partial charge in [0.05, 0.1) is 0 Å². The van der Waals surface area contributed by atoms with Gasteiger partial charge < -0.3 is 5.32 Å². The summed E-state index contributed by atoms with van der Waals surface area (Å²) in [6.45, 7) is 9.48. The molecule has 0 spiro atoms. The van der Waals surface area contributed by atoms with Crippen molar-refractivity contribution in [1.82, 2.24) is 10.2 Å². The average Bonchev–Trinajstić information content (AvgIpc) is 2.42. The Balaban J connectivity index is 1.80. The Kier molecular flexibility index (Phi) is 5.34. The van der Waals surface area contributed by atoms with Crippen molar-refractivity contribution in [3.05, 3.63) is 35.1 Å². The minimum atomic E-state index is -0.104. The summed E-state index contributed by atoms with van der Waals surface area (Å²) >= 11 is 0. The smallest absolute Gasteiger partial charge is 0.126 e. The fraction of sp³-hybridized carbons (Fsp3) is 0.625. The summed E-state index contributed by atoms with van der Waals surface area (Å²) in [5.74, 6) is 0.722. The molecule has 2 rings (SSSR count). The summed E-state index contributed by atoms with van der Waals surface area (Å²) < 4.78 is 13.2. The zero-order valence-corrected chi connectivity index (χ0v) is 12.1. The quantitative estimate of drug-likeness (QED) is 0.879. The first-order valence-electron chi connectivity index (χ1n) is 7.37. The van der Waals surface area contributed by atoms with Crippen LogP contribution >= 0.6 is 0 Å². The van der Waals surface area contributed by atoms with Crippen molar-refractivity contribution in [3.8, 4) is 0 Å². The Labute approximate surface area is 116 Å². The Bertz CT molecular complexity index is 398. The molecule has 1 N–H and O–H groups in total. The molecule has 1 saturated heterocycles. The lowest BCUT2D eigenvalue weighted by molar-refractivity contribution is 0.176. The third-order valence-electron chi connectivity index (χ3n) is 4.02. The van der Waals surface area contributed by atoms with Gasteiger partial charge in [-0.25, -0.2) is 4.39 Å². The number of halogens is 1. The number of hydrogen-bond acceptors (Lipinski definition) is 2. The Hall–Kier alpha value is -0.930. The van der Waals surface area contributed by atoms with Gasteiger partial charge in [-0.1, -0.05) is 19.1 Å². The van der Waals surface area contributed by atoms with Crippen LogP contribution in [0.4, 0.5) is 4.39 Å². The lowest BCUT2D eigenvalue weighted by Gasteiger charge is -2.32. The summed E-state index contributed by atoms with van der Waals surface area (Å²) in [5.41, 5.74) is 1.98. The van der Waals surface area contributed by atoms with E-state index in [4.69, 9.17) is 0 Å². The Morgan fingerprint density at radius 1 is 1.32 bits per heavy atom. The SMILES string of the molecule is CCNCC1CCN(Cc2ccc(F)c(C)c2)CC1. The molecule has 0 aromatic heterocycles. The van der Waals surface area contributed by atoms with E-state index >= 15 is 0 Å². The number of nitrogens with zero attached hydrogens (tertiary/aromatic N) is 1. The van der Waals surface area contributed by atoms with Gasteiger partial charge in [-0.15, -0.1) is 0 Å². The lowest BCUT2D eigenvalue weighted by Crippen LogP contribution is -2.36. The molecule has 3 heteroatoms. The molecule has 1 heterocycles. The monoisotopic (exact) mass is 264 g/mol. The minimum Gasteiger partial charge on any atom is -0.317 e. The van der Waals surface area contributed by atoms with Crippen LogP contribution in [0, 0.1) is 18.7 Å². The summed E-state index contributed by atoms with van der Waals surface area (Å²) in [5, 5.41) is 3.44. The van der Waals surface area contributed by atoms with Gasteiger partial charge in [0.1, 0.15) is 5.82 Å². The number of nitrogens with one attached hydrogen (secondary N) is 1. The van der Waals surface area contributed by atoms with Crippen molar-refractivity contribution < 1.29 is 4.39 Å². The first-order valence-corrected chi connectivity index (χ1v) is 7.37. The number of likely N-dealkylation sites (tertiary alicyclic amines) is 1. The van der Waals surface area contributed by atoms with Crippen molar-refractivity contribution in [2.45, 2.75) is 33.2 Å². The van der Waals surface area contributed by atoms with Crippen LogP contribution in [0.5, 0.6) is 0 Å². The molecular formula is C16H25FN2. The maximum absolute atomic E-state index is 13.2. The Morgan fingerprint density at radius 2 is 2.05 bits per heavy atom. The fourth-order valence-corrected chi connectivity index (χ4v) is 2.76. The van der Waals surface area contributed by atoms with E-state index in [-0.39, 0.29) is 5.82 Å². The van der Waals surface area contributed by atoms with E-state index < -0.39 is 0 Å². The number of aryl methyl sites for hydroxylation is 1. The highest BCUT2D eigenvalue weighted by Crippen LogP contribution is 2.19. The van der Waals surface area contributed by atoms with Crippen LogP contribution in [0.2, 0.25) is 0 Å². The van der Waals surface area contributed by atoms with Crippen LogP contribution in [0.3, 0.4) is 0 Å². The van der Waals surface area contributed by atoms with Gasteiger partial charge >= 0.3 is 0 Å². The van der Waals surface area contributed by atoms with Gasteiger partial charge in [0.25, 0.3) is 0 Å².